The van der Waals surface area contributed by atoms with Crippen LogP contribution in [-0.2, 0) is 4.79 Å². The minimum absolute atomic E-state index is 0.0801. The van der Waals surface area contributed by atoms with Gasteiger partial charge in [0.15, 0.2) is 5.13 Å². The first-order valence-corrected chi connectivity index (χ1v) is 10.2. The van der Waals surface area contributed by atoms with E-state index in [1.807, 2.05) is 38.1 Å². The van der Waals surface area contributed by atoms with Crippen molar-refractivity contribution in [3.8, 4) is 0 Å². The normalized spacial score (nSPS) is 12.0. The van der Waals surface area contributed by atoms with Crippen LogP contribution in [0.15, 0.2) is 48.5 Å². The number of rotatable bonds is 8. The molecule has 0 radical (unpaired) electrons. The van der Waals surface area contributed by atoms with Gasteiger partial charge in [-0.1, -0.05) is 49.4 Å². The molecule has 0 fully saturated rings. The molecular weight excluding hydrogens is 391 g/mol. The fraction of sp³-hybridized carbons (Fsp3) is 0.286. The van der Waals surface area contributed by atoms with Crippen LogP contribution in [0, 0.1) is 11.7 Å². The number of benzene rings is 2. The van der Waals surface area contributed by atoms with E-state index in [-0.39, 0.29) is 17.4 Å². The van der Waals surface area contributed by atoms with E-state index in [1.165, 1.54) is 18.2 Å². The topological polar surface area (TPSA) is 83.1 Å². The van der Waals surface area contributed by atoms with Crippen LogP contribution in [0.25, 0.3) is 10.2 Å². The standard InChI is InChI=1S/C21H23FN4O2S/c1-13(2)18(26-19(27)14-7-3-4-8-15(14)22)20(28)23-11-12-24-21-25-16-9-5-6-10-17(16)29-21/h3-10,13,18H,11-12H2,1-2H3,(H,23,28)(H,24,25)(H,26,27). The summed E-state index contributed by atoms with van der Waals surface area (Å²) < 4.78 is 14.9. The van der Waals surface area contributed by atoms with Crippen LogP contribution >= 0.6 is 11.3 Å². The molecule has 6 nitrogen and oxygen atoms in total. The average molecular weight is 415 g/mol. The van der Waals surface area contributed by atoms with Crippen molar-refractivity contribution in [2.75, 3.05) is 18.4 Å². The highest BCUT2D eigenvalue weighted by Gasteiger charge is 2.25. The Labute approximate surface area is 172 Å². The number of nitrogens with one attached hydrogen (secondary N) is 3. The molecule has 8 heteroatoms. The molecule has 1 aromatic heterocycles. The first kappa shape index (κ1) is 20.7. The van der Waals surface area contributed by atoms with Gasteiger partial charge in [-0.2, -0.15) is 0 Å². The molecule has 2 amide bonds. The lowest BCUT2D eigenvalue weighted by Gasteiger charge is -2.22. The molecule has 1 atom stereocenters. The Balaban J connectivity index is 1.51. The Morgan fingerprint density at radius 2 is 1.79 bits per heavy atom. The quantitative estimate of drug-likeness (QED) is 0.493. The molecule has 0 aliphatic heterocycles. The second-order valence-electron chi connectivity index (χ2n) is 6.88. The number of fused-ring (bicyclic) bond motifs is 1. The Kier molecular flexibility index (Phi) is 6.77. The van der Waals surface area contributed by atoms with Crippen LogP contribution in [0.2, 0.25) is 0 Å². The summed E-state index contributed by atoms with van der Waals surface area (Å²) >= 11 is 1.55. The molecule has 0 saturated heterocycles. The monoisotopic (exact) mass is 414 g/mol. The van der Waals surface area contributed by atoms with Gasteiger partial charge >= 0.3 is 0 Å². The van der Waals surface area contributed by atoms with E-state index in [0.29, 0.717) is 13.1 Å². The molecule has 0 spiro atoms. The van der Waals surface area contributed by atoms with Crippen molar-refractivity contribution in [3.63, 3.8) is 0 Å². The predicted molar refractivity (Wildman–Crippen MR) is 114 cm³/mol. The molecule has 0 saturated carbocycles. The van der Waals surface area contributed by atoms with Crippen LogP contribution in [0.5, 0.6) is 0 Å². The average Bonchev–Trinajstić information content (AvgIpc) is 3.12. The van der Waals surface area contributed by atoms with E-state index in [0.717, 1.165) is 15.3 Å². The number of thiazole rings is 1. The van der Waals surface area contributed by atoms with Gasteiger partial charge in [0, 0.05) is 13.1 Å². The van der Waals surface area contributed by atoms with Gasteiger partial charge < -0.3 is 16.0 Å². The van der Waals surface area contributed by atoms with Crippen molar-refractivity contribution in [1.82, 2.24) is 15.6 Å². The van der Waals surface area contributed by atoms with Crippen LogP contribution in [0.4, 0.5) is 9.52 Å². The number of hydrogen-bond acceptors (Lipinski definition) is 5. The lowest BCUT2D eigenvalue weighted by Crippen LogP contribution is -2.50. The summed E-state index contributed by atoms with van der Waals surface area (Å²) in [5.74, 6) is -1.68. The van der Waals surface area contributed by atoms with E-state index in [2.05, 4.69) is 20.9 Å². The Bertz CT molecular complexity index is 972. The molecule has 3 N–H and O–H groups in total. The van der Waals surface area contributed by atoms with E-state index in [9.17, 15) is 14.0 Å². The Morgan fingerprint density at radius 1 is 1.07 bits per heavy atom. The summed E-state index contributed by atoms with van der Waals surface area (Å²) in [6.07, 6.45) is 0. The highest BCUT2D eigenvalue weighted by Crippen LogP contribution is 2.24. The number of halogens is 1. The SMILES string of the molecule is CC(C)C(NC(=O)c1ccccc1F)C(=O)NCCNc1nc2ccccc2s1. The summed E-state index contributed by atoms with van der Waals surface area (Å²) in [7, 11) is 0. The third kappa shape index (κ3) is 5.29. The molecule has 29 heavy (non-hydrogen) atoms. The summed E-state index contributed by atoms with van der Waals surface area (Å²) in [5, 5.41) is 9.41. The zero-order chi connectivity index (χ0) is 20.8. The minimum atomic E-state index is -0.760. The first-order valence-electron chi connectivity index (χ1n) is 9.38. The highest BCUT2D eigenvalue weighted by molar-refractivity contribution is 7.22. The Hall–Kier alpha value is -3.00. The molecule has 0 aliphatic rings. The van der Waals surface area contributed by atoms with Gasteiger partial charge in [-0.3, -0.25) is 9.59 Å². The van der Waals surface area contributed by atoms with Crippen molar-refractivity contribution in [2.24, 2.45) is 5.92 Å². The van der Waals surface area contributed by atoms with E-state index < -0.39 is 17.8 Å². The van der Waals surface area contributed by atoms with Crippen molar-refractivity contribution < 1.29 is 14.0 Å². The lowest BCUT2D eigenvalue weighted by atomic mass is 10.0. The van der Waals surface area contributed by atoms with Gasteiger partial charge in [-0.15, -0.1) is 0 Å². The van der Waals surface area contributed by atoms with E-state index >= 15 is 0 Å². The Morgan fingerprint density at radius 3 is 2.52 bits per heavy atom. The van der Waals surface area contributed by atoms with Gasteiger partial charge in [-0.05, 0) is 30.2 Å². The summed E-state index contributed by atoms with van der Waals surface area (Å²) in [6.45, 7) is 4.52. The number of carbonyl (C=O) groups is 2. The van der Waals surface area contributed by atoms with Crippen molar-refractivity contribution in [1.29, 1.82) is 0 Å². The maximum atomic E-state index is 13.8. The number of amides is 2. The number of para-hydroxylation sites is 1. The van der Waals surface area contributed by atoms with Crippen LogP contribution < -0.4 is 16.0 Å². The zero-order valence-corrected chi connectivity index (χ0v) is 17.1. The molecule has 152 valence electrons. The maximum Gasteiger partial charge on any atom is 0.254 e. The number of aromatic nitrogens is 1. The number of nitrogens with zero attached hydrogens (tertiary/aromatic N) is 1. The van der Waals surface area contributed by atoms with Gasteiger partial charge in [0.05, 0.1) is 15.8 Å². The maximum absolute atomic E-state index is 13.8. The van der Waals surface area contributed by atoms with Crippen LogP contribution in [-0.4, -0.2) is 35.9 Å². The zero-order valence-electron chi connectivity index (χ0n) is 16.2. The van der Waals surface area contributed by atoms with E-state index in [1.54, 1.807) is 17.4 Å². The van der Waals surface area contributed by atoms with Crippen molar-refractivity contribution >= 4 is 38.5 Å². The highest BCUT2D eigenvalue weighted by atomic mass is 32.1. The molecule has 1 unspecified atom stereocenters. The molecule has 3 rings (SSSR count). The van der Waals surface area contributed by atoms with Gasteiger partial charge in [0.1, 0.15) is 11.9 Å². The molecule has 0 aliphatic carbocycles. The smallest absolute Gasteiger partial charge is 0.254 e. The third-order valence-electron chi connectivity index (χ3n) is 4.35. The summed E-state index contributed by atoms with van der Waals surface area (Å²) in [6, 6.07) is 12.8. The molecule has 1 heterocycles. The molecule has 0 bridgehead atoms. The van der Waals surface area contributed by atoms with Crippen LogP contribution in [0.3, 0.4) is 0 Å². The van der Waals surface area contributed by atoms with Gasteiger partial charge in [-0.25, -0.2) is 9.37 Å². The summed E-state index contributed by atoms with van der Waals surface area (Å²) in [4.78, 5) is 29.3. The molecule has 3 aromatic rings. The molecular formula is C21H23FN4O2S. The minimum Gasteiger partial charge on any atom is -0.360 e. The number of anilines is 1. The van der Waals surface area contributed by atoms with Gasteiger partial charge in [0.25, 0.3) is 5.91 Å². The predicted octanol–water partition coefficient (Wildman–Crippen LogP) is 3.42. The third-order valence-corrected chi connectivity index (χ3v) is 5.34. The van der Waals surface area contributed by atoms with Crippen LogP contribution in [0.1, 0.15) is 24.2 Å². The van der Waals surface area contributed by atoms with Crippen molar-refractivity contribution in [3.05, 3.63) is 59.9 Å². The number of carbonyl (C=O) groups excluding carboxylic acids is 2. The largest absolute Gasteiger partial charge is 0.360 e. The number of hydrogen-bond donors (Lipinski definition) is 3. The lowest BCUT2D eigenvalue weighted by molar-refractivity contribution is -0.123. The fourth-order valence-corrected chi connectivity index (χ4v) is 3.70. The van der Waals surface area contributed by atoms with Crippen molar-refractivity contribution in [2.45, 2.75) is 19.9 Å². The first-order chi connectivity index (χ1) is 14.0. The fourth-order valence-electron chi connectivity index (χ4n) is 2.81. The summed E-state index contributed by atoms with van der Waals surface area (Å²) in [5.41, 5.74) is 0.850. The second-order valence-corrected chi connectivity index (χ2v) is 7.91. The van der Waals surface area contributed by atoms with Gasteiger partial charge in [0.2, 0.25) is 5.91 Å². The second kappa shape index (κ2) is 9.47. The van der Waals surface area contributed by atoms with E-state index in [4.69, 9.17) is 0 Å². The molecule has 2 aromatic carbocycles.